The van der Waals surface area contributed by atoms with Crippen molar-refractivity contribution in [1.29, 1.82) is 0 Å². The Morgan fingerprint density at radius 3 is 2.95 bits per heavy atom. The van der Waals surface area contributed by atoms with Gasteiger partial charge in [-0.3, -0.25) is 4.79 Å². The minimum atomic E-state index is 0.0450. The Labute approximate surface area is 125 Å². The van der Waals surface area contributed by atoms with Crippen LogP contribution in [0.5, 0.6) is 0 Å². The molecule has 4 nitrogen and oxygen atoms in total. The summed E-state index contributed by atoms with van der Waals surface area (Å²) < 4.78 is 3.01. The van der Waals surface area contributed by atoms with Crippen LogP contribution >= 0.6 is 15.9 Å². The van der Waals surface area contributed by atoms with Crippen molar-refractivity contribution in [1.82, 2.24) is 14.6 Å². The number of rotatable bonds is 2. The first-order valence-electron chi connectivity index (χ1n) is 7.00. The van der Waals surface area contributed by atoms with E-state index in [1.54, 1.807) is 0 Å². The molecule has 0 saturated carbocycles. The molecular formula is C15H16BrN3O. The smallest absolute Gasteiger partial charge is 0.251 e. The van der Waals surface area contributed by atoms with Gasteiger partial charge in [0.25, 0.3) is 5.91 Å². The van der Waals surface area contributed by atoms with E-state index in [2.05, 4.69) is 26.1 Å². The zero-order valence-corrected chi connectivity index (χ0v) is 12.6. The minimum absolute atomic E-state index is 0.0450. The zero-order valence-electron chi connectivity index (χ0n) is 11.1. The van der Waals surface area contributed by atoms with Gasteiger partial charge in [-0.05, 0) is 59.1 Å². The van der Waals surface area contributed by atoms with E-state index in [1.165, 1.54) is 13.0 Å². The third kappa shape index (κ3) is 1.96. The summed E-state index contributed by atoms with van der Waals surface area (Å²) >= 11 is 3.48. The predicted octanol–water partition coefficient (Wildman–Crippen LogP) is 2.14. The first-order valence-corrected chi connectivity index (χ1v) is 7.80. The van der Waals surface area contributed by atoms with Crippen molar-refractivity contribution in [2.75, 3.05) is 19.6 Å². The topological polar surface area (TPSA) is 36.8 Å². The molecule has 0 radical (unpaired) electrons. The van der Waals surface area contributed by atoms with Crippen LogP contribution in [0.1, 0.15) is 16.8 Å². The number of carbonyl (C=O) groups excluding carboxylic acids is 1. The molecule has 2 bridgehead atoms. The molecule has 3 unspecified atom stereocenters. The normalized spacial score (nSPS) is 28.1. The van der Waals surface area contributed by atoms with Crippen molar-refractivity contribution >= 4 is 27.4 Å². The molecule has 4 rings (SSSR count). The average Bonchev–Trinajstić information content (AvgIpc) is 3.14. The Hall–Kier alpha value is -1.33. The molecule has 0 spiro atoms. The van der Waals surface area contributed by atoms with Crippen LogP contribution in [-0.4, -0.2) is 40.9 Å². The highest BCUT2D eigenvalue weighted by Gasteiger charge is 2.38. The number of hydrogen-bond acceptors (Lipinski definition) is 2. The Kier molecular flexibility index (Phi) is 2.86. The summed E-state index contributed by atoms with van der Waals surface area (Å²) in [4.78, 5) is 14.8. The van der Waals surface area contributed by atoms with E-state index in [0.717, 1.165) is 28.8 Å². The van der Waals surface area contributed by atoms with E-state index in [0.29, 0.717) is 12.0 Å². The Bertz CT molecular complexity index is 681. The molecule has 4 heterocycles. The number of pyridine rings is 1. The van der Waals surface area contributed by atoms with Crippen molar-refractivity contribution in [3.63, 3.8) is 0 Å². The van der Waals surface area contributed by atoms with Crippen LogP contribution in [0.3, 0.4) is 0 Å². The lowest BCUT2D eigenvalue weighted by Gasteiger charge is -2.23. The number of amides is 1. The summed E-state index contributed by atoms with van der Waals surface area (Å²) in [7, 11) is 0. The van der Waals surface area contributed by atoms with Gasteiger partial charge in [0.1, 0.15) is 0 Å². The number of carbonyl (C=O) groups is 1. The number of aromatic nitrogens is 1. The molecule has 1 amide bonds. The van der Waals surface area contributed by atoms with Gasteiger partial charge >= 0.3 is 0 Å². The summed E-state index contributed by atoms with van der Waals surface area (Å²) in [5.74, 6) is 0.689. The molecule has 0 aromatic carbocycles. The first-order chi connectivity index (χ1) is 9.70. The van der Waals surface area contributed by atoms with E-state index in [-0.39, 0.29) is 5.91 Å². The van der Waals surface area contributed by atoms with Crippen LogP contribution in [0.2, 0.25) is 0 Å². The van der Waals surface area contributed by atoms with Gasteiger partial charge in [0, 0.05) is 36.4 Å². The number of halogens is 1. The van der Waals surface area contributed by atoms with Crippen LogP contribution in [0.25, 0.3) is 5.52 Å². The van der Waals surface area contributed by atoms with Crippen molar-refractivity contribution in [3.05, 3.63) is 40.6 Å². The molecule has 2 aromatic heterocycles. The highest BCUT2D eigenvalue weighted by atomic mass is 79.9. The maximum absolute atomic E-state index is 12.4. The van der Waals surface area contributed by atoms with E-state index >= 15 is 0 Å². The van der Waals surface area contributed by atoms with Crippen LogP contribution in [0.15, 0.2) is 35.1 Å². The van der Waals surface area contributed by atoms with Crippen LogP contribution in [0.4, 0.5) is 0 Å². The number of piperidine rings is 1. The third-order valence-electron chi connectivity index (χ3n) is 4.52. The van der Waals surface area contributed by atoms with Crippen molar-refractivity contribution < 1.29 is 4.79 Å². The molecule has 5 heteroatoms. The minimum Gasteiger partial charge on any atom is -0.348 e. The summed E-state index contributed by atoms with van der Waals surface area (Å²) in [6.45, 7) is 3.35. The maximum atomic E-state index is 12.4. The van der Waals surface area contributed by atoms with Crippen molar-refractivity contribution in [2.45, 2.75) is 12.5 Å². The summed E-state index contributed by atoms with van der Waals surface area (Å²) in [6, 6.07) is 8.13. The maximum Gasteiger partial charge on any atom is 0.251 e. The lowest BCUT2D eigenvalue weighted by atomic mass is 10.00. The lowest BCUT2D eigenvalue weighted by molar-refractivity contribution is 0.0924. The van der Waals surface area contributed by atoms with Crippen molar-refractivity contribution in [2.24, 2.45) is 5.92 Å². The third-order valence-corrected chi connectivity index (χ3v) is 5.16. The molecule has 2 aliphatic rings. The Morgan fingerprint density at radius 2 is 2.20 bits per heavy atom. The molecule has 2 fully saturated rings. The SMILES string of the molecule is O=C(NC1CN2CCC1C2)c1ccn2c(Br)ccc2c1. The largest absolute Gasteiger partial charge is 0.348 e. The molecular weight excluding hydrogens is 318 g/mol. The Morgan fingerprint density at radius 1 is 1.30 bits per heavy atom. The molecule has 2 aromatic rings. The Balaban J connectivity index is 1.54. The fraction of sp³-hybridized carbons (Fsp3) is 0.400. The second-order valence-electron chi connectivity index (χ2n) is 5.75. The molecule has 1 N–H and O–H groups in total. The zero-order chi connectivity index (χ0) is 13.7. The summed E-state index contributed by atoms with van der Waals surface area (Å²) in [5, 5.41) is 3.20. The first kappa shape index (κ1) is 12.4. The average molecular weight is 334 g/mol. The fourth-order valence-electron chi connectivity index (χ4n) is 3.42. The van der Waals surface area contributed by atoms with Gasteiger partial charge in [-0.15, -0.1) is 0 Å². The molecule has 104 valence electrons. The van der Waals surface area contributed by atoms with Crippen LogP contribution < -0.4 is 5.32 Å². The number of nitrogens with zero attached hydrogens (tertiary/aromatic N) is 2. The highest BCUT2D eigenvalue weighted by molar-refractivity contribution is 9.10. The second-order valence-corrected chi connectivity index (χ2v) is 6.57. The molecule has 20 heavy (non-hydrogen) atoms. The van der Waals surface area contributed by atoms with E-state index in [4.69, 9.17) is 0 Å². The highest BCUT2D eigenvalue weighted by Crippen LogP contribution is 2.28. The van der Waals surface area contributed by atoms with E-state index < -0.39 is 0 Å². The molecule has 0 aliphatic carbocycles. The van der Waals surface area contributed by atoms with Gasteiger partial charge < -0.3 is 14.6 Å². The van der Waals surface area contributed by atoms with E-state index in [9.17, 15) is 4.79 Å². The van der Waals surface area contributed by atoms with Crippen LogP contribution in [0, 0.1) is 5.92 Å². The second kappa shape index (κ2) is 4.60. The van der Waals surface area contributed by atoms with Gasteiger partial charge in [0.15, 0.2) is 0 Å². The van der Waals surface area contributed by atoms with Gasteiger partial charge in [-0.2, -0.15) is 0 Å². The van der Waals surface area contributed by atoms with Gasteiger partial charge in [-0.1, -0.05) is 0 Å². The summed E-state index contributed by atoms with van der Waals surface area (Å²) in [6.07, 6.45) is 3.15. The van der Waals surface area contributed by atoms with Crippen molar-refractivity contribution in [3.8, 4) is 0 Å². The monoisotopic (exact) mass is 333 g/mol. The van der Waals surface area contributed by atoms with E-state index in [1.807, 2.05) is 34.9 Å². The van der Waals surface area contributed by atoms with Crippen LogP contribution in [-0.2, 0) is 0 Å². The number of hydrogen-bond donors (Lipinski definition) is 1. The van der Waals surface area contributed by atoms with Gasteiger partial charge in [0.05, 0.1) is 4.60 Å². The number of nitrogens with one attached hydrogen (secondary N) is 1. The standard InChI is InChI=1S/C15H16BrN3O/c16-14-2-1-12-7-10(4-6-19(12)14)15(20)17-13-9-18-5-3-11(13)8-18/h1-2,4,6-7,11,13H,3,5,8-9H2,(H,17,20). The summed E-state index contributed by atoms with van der Waals surface area (Å²) in [5.41, 5.74) is 1.77. The lowest BCUT2D eigenvalue weighted by Crippen LogP contribution is -2.43. The molecule has 3 atom stereocenters. The van der Waals surface area contributed by atoms with Gasteiger partial charge in [0.2, 0.25) is 0 Å². The number of fused-ring (bicyclic) bond motifs is 3. The molecule has 2 aliphatic heterocycles. The quantitative estimate of drug-likeness (QED) is 0.914. The van der Waals surface area contributed by atoms with Gasteiger partial charge in [-0.25, -0.2) is 0 Å². The molecule has 2 saturated heterocycles. The fourth-order valence-corrected chi connectivity index (χ4v) is 3.87. The predicted molar refractivity (Wildman–Crippen MR) is 80.9 cm³/mol.